The maximum atomic E-state index is 13.0. The molecular formula is C22H25F3N4O3. The summed E-state index contributed by atoms with van der Waals surface area (Å²) in [4.78, 5) is 30.9. The third-order valence-electron chi connectivity index (χ3n) is 5.95. The molecule has 0 bridgehead atoms. The highest BCUT2D eigenvalue weighted by Crippen LogP contribution is 2.32. The molecule has 1 aromatic carbocycles. The Kier molecular flexibility index (Phi) is 6.40. The van der Waals surface area contributed by atoms with Crippen molar-refractivity contribution in [3.05, 3.63) is 54.0 Å². The van der Waals surface area contributed by atoms with Gasteiger partial charge in [0.25, 0.3) is 0 Å². The number of carbonyl (C=O) groups excluding carboxylic acids is 2. The molecule has 2 aliphatic rings. The highest BCUT2D eigenvalue weighted by atomic mass is 19.4. The Labute approximate surface area is 183 Å². The lowest BCUT2D eigenvalue weighted by Crippen LogP contribution is -2.57. The van der Waals surface area contributed by atoms with E-state index >= 15 is 0 Å². The molecule has 0 aliphatic carbocycles. The summed E-state index contributed by atoms with van der Waals surface area (Å²) >= 11 is 0. The minimum Gasteiger partial charge on any atom is -0.472 e. The van der Waals surface area contributed by atoms with Gasteiger partial charge in [-0.15, -0.1) is 0 Å². The van der Waals surface area contributed by atoms with Gasteiger partial charge in [0.2, 0.25) is 11.8 Å². The molecule has 4 rings (SSSR count). The van der Waals surface area contributed by atoms with Gasteiger partial charge in [-0.2, -0.15) is 13.2 Å². The number of alkyl halides is 3. The van der Waals surface area contributed by atoms with Crippen molar-refractivity contribution in [2.24, 2.45) is 0 Å². The van der Waals surface area contributed by atoms with Crippen LogP contribution in [0.15, 0.2) is 47.3 Å². The molecule has 2 aliphatic heterocycles. The average molecular weight is 450 g/mol. The Morgan fingerprint density at radius 2 is 1.91 bits per heavy atom. The number of piperazine rings is 2. The minimum absolute atomic E-state index is 0.0627. The third-order valence-corrected chi connectivity index (χ3v) is 5.95. The normalized spacial score (nSPS) is 20.3. The molecule has 2 aromatic rings. The minimum atomic E-state index is -4.39. The highest BCUT2D eigenvalue weighted by molar-refractivity contribution is 5.89. The van der Waals surface area contributed by atoms with Crippen molar-refractivity contribution in [2.75, 3.05) is 44.2 Å². The maximum absolute atomic E-state index is 13.0. The van der Waals surface area contributed by atoms with Crippen LogP contribution in [0.4, 0.5) is 18.9 Å². The number of nitrogens with one attached hydrogen (secondary N) is 1. The second-order valence-corrected chi connectivity index (χ2v) is 8.03. The van der Waals surface area contributed by atoms with Gasteiger partial charge in [0.15, 0.2) is 0 Å². The molecule has 172 valence electrons. The van der Waals surface area contributed by atoms with Crippen molar-refractivity contribution in [1.29, 1.82) is 0 Å². The summed E-state index contributed by atoms with van der Waals surface area (Å²) in [6.45, 7) is 3.34. The molecule has 2 saturated heterocycles. The van der Waals surface area contributed by atoms with E-state index in [1.165, 1.54) is 6.07 Å². The summed E-state index contributed by atoms with van der Waals surface area (Å²) in [5.74, 6) is -0.302. The van der Waals surface area contributed by atoms with Gasteiger partial charge >= 0.3 is 6.18 Å². The predicted octanol–water partition coefficient (Wildman–Crippen LogP) is 2.34. The lowest BCUT2D eigenvalue weighted by molar-refractivity contribution is -0.139. The van der Waals surface area contributed by atoms with Crippen molar-refractivity contribution in [1.82, 2.24) is 15.1 Å². The Morgan fingerprint density at radius 3 is 2.59 bits per heavy atom. The molecule has 0 spiro atoms. The molecule has 1 aromatic heterocycles. The van der Waals surface area contributed by atoms with E-state index in [0.29, 0.717) is 51.5 Å². The fraction of sp³-hybridized carbons (Fsp3) is 0.455. The summed E-state index contributed by atoms with van der Waals surface area (Å²) in [5.41, 5.74) is 0.742. The number of anilines is 1. The smallest absolute Gasteiger partial charge is 0.416 e. The number of halogens is 3. The molecule has 1 atom stereocenters. The monoisotopic (exact) mass is 450 g/mol. The number of furan rings is 1. The number of hydrogen-bond donors (Lipinski definition) is 1. The van der Waals surface area contributed by atoms with E-state index in [2.05, 4.69) is 5.32 Å². The van der Waals surface area contributed by atoms with E-state index in [4.69, 9.17) is 4.42 Å². The molecule has 2 fully saturated rings. The molecular weight excluding hydrogens is 425 g/mol. The van der Waals surface area contributed by atoms with Crippen molar-refractivity contribution in [3.63, 3.8) is 0 Å². The van der Waals surface area contributed by atoms with E-state index < -0.39 is 17.8 Å². The number of rotatable bonds is 5. The molecule has 2 amide bonds. The van der Waals surface area contributed by atoms with Crippen LogP contribution in [0.3, 0.4) is 0 Å². The first-order chi connectivity index (χ1) is 15.3. The molecule has 0 radical (unpaired) electrons. The second-order valence-electron chi connectivity index (χ2n) is 8.03. The molecule has 10 heteroatoms. The van der Waals surface area contributed by atoms with Crippen LogP contribution in [0.5, 0.6) is 0 Å². The van der Waals surface area contributed by atoms with Crippen LogP contribution < -0.4 is 10.2 Å². The second kappa shape index (κ2) is 9.23. The van der Waals surface area contributed by atoms with Gasteiger partial charge in [-0.3, -0.25) is 14.5 Å². The fourth-order valence-electron chi connectivity index (χ4n) is 4.18. The standard InChI is InChI=1S/C22H25F3N4O3/c23-22(24,25)17-2-1-3-18(12-17)27-7-9-28(10-8-27)20(30)13-19-21(31)26-5-6-29(19)14-16-4-11-32-15-16/h1-4,11-12,15,19H,5-10,13-14H2,(H,26,31). The molecule has 1 N–H and O–H groups in total. The first-order valence-corrected chi connectivity index (χ1v) is 10.5. The van der Waals surface area contributed by atoms with Crippen LogP contribution in [0, 0.1) is 0 Å². The average Bonchev–Trinajstić information content (AvgIpc) is 3.29. The van der Waals surface area contributed by atoms with Gasteiger partial charge in [-0.05, 0) is 24.3 Å². The van der Waals surface area contributed by atoms with Gasteiger partial charge < -0.3 is 19.5 Å². The summed E-state index contributed by atoms with van der Waals surface area (Å²) < 4.78 is 44.1. The number of hydrogen-bond acceptors (Lipinski definition) is 5. The Bertz CT molecular complexity index is 940. The quantitative estimate of drug-likeness (QED) is 0.758. The van der Waals surface area contributed by atoms with Crippen molar-refractivity contribution >= 4 is 17.5 Å². The van der Waals surface area contributed by atoms with Crippen molar-refractivity contribution < 1.29 is 27.2 Å². The first kappa shape index (κ1) is 22.2. The molecule has 32 heavy (non-hydrogen) atoms. The zero-order chi connectivity index (χ0) is 22.7. The third kappa shape index (κ3) is 5.07. The number of amides is 2. The zero-order valence-corrected chi connectivity index (χ0v) is 17.5. The summed E-state index contributed by atoms with van der Waals surface area (Å²) in [7, 11) is 0. The van der Waals surface area contributed by atoms with Crippen molar-refractivity contribution in [3.8, 4) is 0 Å². The van der Waals surface area contributed by atoms with Crippen molar-refractivity contribution in [2.45, 2.75) is 25.2 Å². The predicted molar refractivity (Wildman–Crippen MR) is 111 cm³/mol. The topological polar surface area (TPSA) is 69.0 Å². The molecule has 0 saturated carbocycles. The van der Waals surface area contributed by atoms with E-state index in [1.807, 2.05) is 15.9 Å². The number of benzene rings is 1. The number of nitrogens with zero attached hydrogens (tertiary/aromatic N) is 3. The lowest BCUT2D eigenvalue weighted by atomic mass is 10.1. The van der Waals surface area contributed by atoms with E-state index in [9.17, 15) is 22.8 Å². The van der Waals surface area contributed by atoms with Gasteiger partial charge in [0, 0.05) is 57.1 Å². The first-order valence-electron chi connectivity index (χ1n) is 10.5. The Hall–Kier alpha value is -3.01. The molecule has 3 heterocycles. The van der Waals surface area contributed by atoms with Crippen LogP contribution in [-0.2, 0) is 22.3 Å². The van der Waals surface area contributed by atoms with Gasteiger partial charge in [0.1, 0.15) is 0 Å². The SMILES string of the molecule is O=C1NCCN(Cc2ccoc2)C1CC(=O)N1CCN(c2cccc(C(F)(F)F)c2)CC1. The van der Waals surface area contributed by atoms with E-state index in [-0.39, 0.29) is 18.2 Å². The maximum Gasteiger partial charge on any atom is 0.416 e. The Balaban J connectivity index is 1.35. The van der Waals surface area contributed by atoms with Crippen LogP contribution in [-0.4, -0.2) is 66.9 Å². The fourth-order valence-corrected chi connectivity index (χ4v) is 4.18. The Morgan fingerprint density at radius 1 is 1.12 bits per heavy atom. The van der Waals surface area contributed by atoms with Crippen LogP contribution in [0.2, 0.25) is 0 Å². The summed E-state index contributed by atoms with van der Waals surface area (Å²) in [6.07, 6.45) is -1.13. The van der Waals surface area contributed by atoms with Crippen LogP contribution in [0.1, 0.15) is 17.5 Å². The van der Waals surface area contributed by atoms with Crippen LogP contribution >= 0.6 is 0 Å². The molecule has 7 nitrogen and oxygen atoms in total. The molecule has 1 unspecified atom stereocenters. The summed E-state index contributed by atoms with van der Waals surface area (Å²) in [5, 5.41) is 2.82. The van der Waals surface area contributed by atoms with Crippen LogP contribution in [0.25, 0.3) is 0 Å². The zero-order valence-electron chi connectivity index (χ0n) is 17.5. The number of carbonyl (C=O) groups is 2. The largest absolute Gasteiger partial charge is 0.472 e. The summed E-state index contributed by atoms with van der Waals surface area (Å²) in [6, 6.07) is 6.50. The van der Waals surface area contributed by atoms with Gasteiger partial charge in [-0.1, -0.05) is 6.07 Å². The van der Waals surface area contributed by atoms with Gasteiger partial charge in [0.05, 0.1) is 30.6 Å². The van der Waals surface area contributed by atoms with E-state index in [0.717, 1.165) is 17.7 Å². The van der Waals surface area contributed by atoms with E-state index in [1.54, 1.807) is 23.5 Å². The highest BCUT2D eigenvalue weighted by Gasteiger charge is 2.34. The van der Waals surface area contributed by atoms with Gasteiger partial charge in [-0.25, -0.2) is 0 Å². The lowest BCUT2D eigenvalue weighted by Gasteiger charge is -2.38.